The van der Waals surface area contributed by atoms with Gasteiger partial charge in [-0.3, -0.25) is 4.98 Å². The lowest BCUT2D eigenvalue weighted by Crippen LogP contribution is -2.20. The summed E-state index contributed by atoms with van der Waals surface area (Å²) in [6, 6.07) is 4.34. The van der Waals surface area contributed by atoms with Gasteiger partial charge in [0.25, 0.3) is 0 Å². The summed E-state index contributed by atoms with van der Waals surface area (Å²) in [5.41, 5.74) is 3.55. The van der Waals surface area contributed by atoms with Gasteiger partial charge in [-0.05, 0) is 41.5 Å². The van der Waals surface area contributed by atoms with Crippen molar-refractivity contribution >= 4 is 33.0 Å². The van der Waals surface area contributed by atoms with E-state index in [9.17, 15) is 0 Å². The average Bonchev–Trinajstić information content (AvgIpc) is 2.82. The van der Waals surface area contributed by atoms with Crippen LogP contribution in [-0.2, 0) is 13.1 Å². The van der Waals surface area contributed by atoms with Crippen molar-refractivity contribution in [3.8, 4) is 0 Å². The van der Waals surface area contributed by atoms with E-state index in [1.807, 2.05) is 13.1 Å². The molecule has 0 saturated heterocycles. The van der Waals surface area contributed by atoms with Crippen LogP contribution < -0.4 is 10.2 Å². The van der Waals surface area contributed by atoms with Gasteiger partial charge in [-0.2, -0.15) is 0 Å². The van der Waals surface area contributed by atoms with E-state index >= 15 is 0 Å². The molecule has 0 aliphatic heterocycles. The fraction of sp³-hybridized carbons (Fsp3) is 0.400. The van der Waals surface area contributed by atoms with E-state index in [4.69, 9.17) is 0 Å². The minimum Gasteiger partial charge on any atom is -0.369 e. The zero-order valence-electron chi connectivity index (χ0n) is 12.1. The third-order valence-corrected chi connectivity index (χ3v) is 4.77. The van der Waals surface area contributed by atoms with Crippen LogP contribution in [0, 0.1) is 6.92 Å². The molecule has 2 rings (SSSR count). The molecule has 2 aromatic heterocycles. The molecule has 5 heteroatoms. The first kappa shape index (κ1) is 15.5. The molecule has 1 N–H and O–H groups in total. The number of aryl methyl sites for hydroxylation is 1. The van der Waals surface area contributed by atoms with Gasteiger partial charge in [-0.15, -0.1) is 11.3 Å². The van der Waals surface area contributed by atoms with Gasteiger partial charge in [0.1, 0.15) is 0 Å². The molecular weight excluding hydrogens is 334 g/mol. The van der Waals surface area contributed by atoms with Crippen molar-refractivity contribution in [2.24, 2.45) is 0 Å². The highest BCUT2D eigenvalue weighted by molar-refractivity contribution is 9.10. The van der Waals surface area contributed by atoms with Gasteiger partial charge >= 0.3 is 0 Å². The van der Waals surface area contributed by atoms with Gasteiger partial charge < -0.3 is 10.2 Å². The van der Waals surface area contributed by atoms with Crippen LogP contribution in [0.1, 0.15) is 23.1 Å². The molecule has 0 aromatic carbocycles. The number of hydrogen-bond donors (Lipinski definition) is 1. The zero-order valence-corrected chi connectivity index (χ0v) is 14.5. The van der Waals surface area contributed by atoms with Crippen LogP contribution in [0.25, 0.3) is 0 Å². The van der Waals surface area contributed by atoms with Crippen LogP contribution in [0.3, 0.4) is 0 Å². The van der Waals surface area contributed by atoms with E-state index in [2.05, 4.69) is 62.6 Å². The standard InChI is InChI=1S/C15H20BrN3S/c1-4-17-7-12-8-18-11(2)5-15(12)19(3)9-14-6-13(16)10-20-14/h5-6,8,10,17H,4,7,9H2,1-3H3. The van der Waals surface area contributed by atoms with Crippen molar-refractivity contribution in [2.75, 3.05) is 18.5 Å². The van der Waals surface area contributed by atoms with Crippen molar-refractivity contribution < 1.29 is 0 Å². The maximum Gasteiger partial charge on any atom is 0.0520 e. The predicted molar refractivity (Wildman–Crippen MR) is 90.5 cm³/mol. The number of pyridine rings is 1. The summed E-state index contributed by atoms with van der Waals surface area (Å²) in [5.74, 6) is 0. The molecule has 0 saturated carbocycles. The summed E-state index contributed by atoms with van der Waals surface area (Å²) in [6.45, 7) is 6.90. The minimum atomic E-state index is 0.859. The summed E-state index contributed by atoms with van der Waals surface area (Å²) in [6.07, 6.45) is 1.98. The topological polar surface area (TPSA) is 28.2 Å². The number of aromatic nitrogens is 1. The average molecular weight is 354 g/mol. The van der Waals surface area contributed by atoms with Gasteiger partial charge in [0.2, 0.25) is 0 Å². The lowest BCUT2D eigenvalue weighted by Gasteiger charge is -2.22. The van der Waals surface area contributed by atoms with Crippen LogP contribution in [0.5, 0.6) is 0 Å². The number of thiophene rings is 1. The summed E-state index contributed by atoms with van der Waals surface area (Å²) >= 11 is 5.29. The van der Waals surface area contributed by atoms with Crippen LogP contribution in [0.4, 0.5) is 5.69 Å². The zero-order chi connectivity index (χ0) is 14.5. The van der Waals surface area contributed by atoms with Crippen LogP contribution in [-0.4, -0.2) is 18.6 Å². The second-order valence-electron chi connectivity index (χ2n) is 4.82. The number of nitrogens with one attached hydrogen (secondary N) is 1. The molecule has 0 amide bonds. The molecule has 2 heterocycles. The molecule has 0 atom stereocenters. The Balaban J connectivity index is 2.18. The number of anilines is 1. The summed E-state index contributed by atoms with van der Waals surface area (Å²) in [4.78, 5) is 8.06. The van der Waals surface area contributed by atoms with Crippen molar-refractivity contribution in [3.63, 3.8) is 0 Å². The molecule has 0 fully saturated rings. The lowest BCUT2D eigenvalue weighted by molar-refractivity contribution is 0.720. The quantitative estimate of drug-likeness (QED) is 0.851. The number of halogens is 1. The molecule has 0 bridgehead atoms. The highest BCUT2D eigenvalue weighted by Gasteiger charge is 2.10. The van der Waals surface area contributed by atoms with E-state index in [0.29, 0.717) is 0 Å². The Labute approximate surface area is 133 Å². The van der Waals surface area contributed by atoms with E-state index in [-0.39, 0.29) is 0 Å². The minimum absolute atomic E-state index is 0.859. The van der Waals surface area contributed by atoms with Gasteiger partial charge in [0.15, 0.2) is 0 Å². The fourth-order valence-corrected chi connectivity index (χ4v) is 3.58. The molecular formula is C15H20BrN3S. The van der Waals surface area contributed by atoms with Crippen molar-refractivity contribution in [1.29, 1.82) is 0 Å². The van der Waals surface area contributed by atoms with E-state index in [0.717, 1.165) is 29.8 Å². The van der Waals surface area contributed by atoms with E-state index < -0.39 is 0 Å². The molecule has 2 aromatic rings. The normalized spacial score (nSPS) is 10.8. The molecule has 0 spiro atoms. The maximum atomic E-state index is 4.41. The first-order valence-corrected chi connectivity index (χ1v) is 8.37. The van der Waals surface area contributed by atoms with Gasteiger partial charge in [-0.25, -0.2) is 0 Å². The van der Waals surface area contributed by atoms with Crippen LogP contribution >= 0.6 is 27.3 Å². The fourth-order valence-electron chi connectivity index (χ4n) is 2.08. The van der Waals surface area contributed by atoms with Gasteiger partial charge in [0.05, 0.1) is 6.54 Å². The SMILES string of the molecule is CCNCc1cnc(C)cc1N(C)Cc1cc(Br)cs1. The Morgan fingerprint density at radius 3 is 2.85 bits per heavy atom. The lowest BCUT2D eigenvalue weighted by atomic mass is 10.2. The predicted octanol–water partition coefficient (Wildman–Crippen LogP) is 3.96. The van der Waals surface area contributed by atoms with Crippen molar-refractivity contribution in [3.05, 3.63) is 44.3 Å². The maximum absolute atomic E-state index is 4.41. The summed E-state index contributed by atoms with van der Waals surface area (Å²) in [7, 11) is 2.14. The van der Waals surface area contributed by atoms with Crippen molar-refractivity contribution in [2.45, 2.75) is 26.9 Å². The third kappa shape index (κ3) is 4.04. The molecule has 0 unspecified atom stereocenters. The van der Waals surface area contributed by atoms with Gasteiger partial charge in [0, 0.05) is 51.5 Å². The molecule has 20 heavy (non-hydrogen) atoms. The van der Waals surface area contributed by atoms with Crippen LogP contribution in [0.15, 0.2) is 28.2 Å². The van der Waals surface area contributed by atoms with Crippen molar-refractivity contribution in [1.82, 2.24) is 10.3 Å². The van der Waals surface area contributed by atoms with Gasteiger partial charge in [-0.1, -0.05) is 6.92 Å². The summed E-state index contributed by atoms with van der Waals surface area (Å²) < 4.78 is 1.16. The van der Waals surface area contributed by atoms with E-state index in [1.165, 1.54) is 16.1 Å². The summed E-state index contributed by atoms with van der Waals surface area (Å²) in [5, 5.41) is 5.50. The Bertz CT molecular complexity index is 568. The molecule has 0 aliphatic carbocycles. The monoisotopic (exact) mass is 353 g/mol. The Hall–Kier alpha value is -0.910. The molecule has 108 valence electrons. The Kier molecular flexibility index (Phi) is 5.57. The first-order valence-electron chi connectivity index (χ1n) is 6.70. The molecule has 3 nitrogen and oxygen atoms in total. The van der Waals surface area contributed by atoms with E-state index in [1.54, 1.807) is 11.3 Å². The highest BCUT2D eigenvalue weighted by atomic mass is 79.9. The first-order chi connectivity index (χ1) is 9.60. The second-order valence-corrected chi connectivity index (χ2v) is 6.73. The van der Waals surface area contributed by atoms with Crippen LogP contribution in [0.2, 0.25) is 0 Å². The molecule has 0 aliphatic rings. The number of rotatable bonds is 6. The Morgan fingerprint density at radius 1 is 1.40 bits per heavy atom. The Morgan fingerprint density at radius 2 is 2.20 bits per heavy atom. The molecule has 0 radical (unpaired) electrons. The number of hydrogen-bond acceptors (Lipinski definition) is 4. The largest absolute Gasteiger partial charge is 0.369 e. The second kappa shape index (κ2) is 7.20. The third-order valence-electron chi connectivity index (χ3n) is 3.09. The smallest absolute Gasteiger partial charge is 0.0520 e. The number of nitrogens with zero attached hydrogens (tertiary/aromatic N) is 2. The highest BCUT2D eigenvalue weighted by Crippen LogP contribution is 2.25.